The van der Waals surface area contributed by atoms with Crippen LogP contribution in [0.2, 0.25) is 0 Å². The van der Waals surface area contributed by atoms with E-state index >= 15 is 0 Å². The molecule has 2 aromatic rings. The van der Waals surface area contributed by atoms with Crippen LogP contribution < -0.4 is 5.73 Å². The molecule has 0 fully saturated rings. The molecule has 1 aromatic carbocycles. The third kappa shape index (κ3) is 2.94. The van der Waals surface area contributed by atoms with Crippen LogP contribution >= 0.6 is 11.3 Å². The quantitative estimate of drug-likeness (QED) is 0.853. The standard InChI is InChI=1S/C14H17NS/c1-11-2-4-12(5-3-11)6-7-14(15)13-8-9-16-10-13/h2-5,8-10,14H,6-7,15H2,1H3. The molecule has 0 spiro atoms. The van der Waals surface area contributed by atoms with Crippen molar-refractivity contribution in [2.75, 3.05) is 0 Å². The second-order valence-electron chi connectivity index (χ2n) is 4.19. The first kappa shape index (κ1) is 11.4. The van der Waals surface area contributed by atoms with Gasteiger partial charge < -0.3 is 5.73 Å². The Labute approximate surface area is 101 Å². The van der Waals surface area contributed by atoms with Crippen LogP contribution in [0.15, 0.2) is 41.1 Å². The molecule has 0 aliphatic heterocycles. The van der Waals surface area contributed by atoms with Crippen molar-refractivity contribution < 1.29 is 0 Å². The molecule has 0 radical (unpaired) electrons. The van der Waals surface area contributed by atoms with E-state index in [1.54, 1.807) is 11.3 Å². The van der Waals surface area contributed by atoms with E-state index in [0.717, 1.165) is 12.8 Å². The summed E-state index contributed by atoms with van der Waals surface area (Å²) in [6.07, 6.45) is 2.07. The lowest BCUT2D eigenvalue weighted by Gasteiger charge is -2.09. The number of rotatable bonds is 4. The van der Waals surface area contributed by atoms with Crippen LogP contribution in [-0.2, 0) is 6.42 Å². The topological polar surface area (TPSA) is 26.0 Å². The van der Waals surface area contributed by atoms with Gasteiger partial charge >= 0.3 is 0 Å². The fourth-order valence-electron chi connectivity index (χ4n) is 1.73. The predicted molar refractivity (Wildman–Crippen MR) is 70.7 cm³/mol. The Balaban J connectivity index is 1.90. The van der Waals surface area contributed by atoms with Gasteiger partial charge in [0.05, 0.1) is 0 Å². The van der Waals surface area contributed by atoms with Crippen molar-refractivity contribution in [3.63, 3.8) is 0 Å². The summed E-state index contributed by atoms with van der Waals surface area (Å²) < 4.78 is 0. The molecular weight excluding hydrogens is 214 g/mol. The third-order valence-electron chi connectivity index (χ3n) is 2.84. The molecule has 2 N–H and O–H groups in total. The average molecular weight is 231 g/mol. The van der Waals surface area contributed by atoms with Gasteiger partial charge in [-0.15, -0.1) is 0 Å². The number of thiophene rings is 1. The zero-order valence-corrected chi connectivity index (χ0v) is 10.3. The van der Waals surface area contributed by atoms with Gasteiger partial charge in [-0.25, -0.2) is 0 Å². The van der Waals surface area contributed by atoms with Crippen LogP contribution in [0.3, 0.4) is 0 Å². The van der Waals surface area contributed by atoms with E-state index in [0.29, 0.717) is 0 Å². The normalized spacial score (nSPS) is 12.6. The van der Waals surface area contributed by atoms with Gasteiger partial charge in [-0.05, 0) is 47.7 Å². The van der Waals surface area contributed by atoms with Crippen molar-refractivity contribution in [2.45, 2.75) is 25.8 Å². The Morgan fingerprint density at radius 1 is 1.19 bits per heavy atom. The molecule has 16 heavy (non-hydrogen) atoms. The van der Waals surface area contributed by atoms with Crippen LogP contribution in [0.1, 0.15) is 29.2 Å². The molecule has 1 aromatic heterocycles. The number of nitrogens with two attached hydrogens (primary N) is 1. The van der Waals surface area contributed by atoms with Crippen molar-refractivity contribution in [3.8, 4) is 0 Å². The van der Waals surface area contributed by atoms with Crippen molar-refractivity contribution in [1.29, 1.82) is 0 Å². The van der Waals surface area contributed by atoms with Gasteiger partial charge in [0.15, 0.2) is 0 Å². The fourth-order valence-corrected chi connectivity index (χ4v) is 2.45. The summed E-state index contributed by atoms with van der Waals surface area (Å²) in [4.78, 5) is 0. The van der Waals surface area contributed by atoms with Crippen LogP contribution in [0, 0.1) is 6.92 Å². The van der Waals surface area contributed by atoms with E-state index in [1.165, 1.54) is 16.7 Å². The van der Waals surface area contributed by atoms with E-state index < -0.39 is 0 Å². The summed E-state index contributed by atoms with van der Waals surface area (Å²) in [5.74, 6) is 0. The second kappa shape index (κ2) is 5.28. The molecule has 1 nitrogen and oxygen atoms in total. The van der Waals surface area contributed by atoms with Crippen LogP contribution in [0.25, 0.3) is 0 Å². The average Bonchev–Trinajstić information content (AvgIpc) is 2.81. The van der Waals surface area contributed by atoms with E-state index in [-0.39, 0.29) is 6.04 Å². The molecule has 0 amide bonds. The summed E-state index contributed by atoms with van der Waals surface area (Å²) in [7, 11) is 0. The van der Waals surface area contributed by atoms with Crippen LogP contribution in [0.4, 0.5) is 0 Å². The summed E-state index contributed by atoms with van der Waals surface area (Å²) in [6.45, 7) is 2.11. The molecule has 2 heteroatoms. The largest absolute Gasteiger partial charge is 0.324 e. The Morgan fingerprint density at radius 3 is 2.56 bits per heavy atom. The van der Waals surface area contributed by atoms with Gasteiger partial charge in [0.25, 0.3) is 0 Å². The van der Waals surface area contributed by atoms with Crippen molar-refractivity contribution >= 4 is 11.3 Å². The Bertz CT molecular complexity index is 417. The molecule has 1 heterocycles. The molecule has 0 aliphatic rings. The zero-order chi connectivity index (χ0) is 11.4. The Morgan fingerprint density at radius 2 is 1.94 bits per heavy atom. The lowest BCUT2D eigenvalue weighted by atomic mass is 10.0. The van der Waals surface area contributed by atoms with Crippen molar-refractivity contribution in [1.82, 2.24) is 0 Å². The van der Waals surface area contributed by atoms with E-state index in [9.17, 15) is 0 Å². The highest BCUT2D eigenvalue weighted by Crippen LogP contribution is 2.19. The van der Waals surface area contributed by atoms with Crippen LogP contribution in [-0.4, -0.2) is 0 Å². The summed E-state index contributed by atoms with van der Waals surface area (Å²) in [6, 6.07) is 11.0. The highest BCUT2D eigenvalue weighted by molar-refractivity contribution is 7.07. The van der Waals surface area contributed by atoms with Crippen LogP contribution in [0.5, 0.6) is 0 Å². The molecule has 0 bridgehead atoms. The minimum atomic E-state index is 0.174. The minimum Gasteiger partial charge on any atom is -0.324 e. The Hall–Kier alpha value is -1.12. The molecule has 2 rings (SSSR count). The molecule has 0 saturated heterocycles. The highest BCUT2D eigenvalue weighted by Gasteiger charge is 2.06. The first-order valence-corrected chi connectivity index (χ1v) is 6.53. The van der Waals surface area contributed by atoms with Gasteiger partial charge in [-0.2, -0.15) is 11.3 Å². The smallest absolute Gasteiger partial charge is 0.0306 e. The molecule has 0 saturated carbocycles. The predicted octanol–water partition coefficient (Wildman–Crippen LogP) is 3.69. The molecule has 0 aliphatic carbocycles. The van der Waals surface area contributed by atoms with E-state index in [1.807, 2.05) is 0 Å². The van der Waals surface area contributed by atoms with E-state index in [2.05, 4.69) is 48.0 Å². The van der Waals surface area contributed by atoms with Crippen molar-refractivity contribution in [2.24, 2.45) is 5.73 Å². The minimum absolute atomic E-state index is 0.174. The van der Waals surface area contributed by atoms with Gasteiger partial charge in [-0.1, -0.05) is 29.8 Å². The van der Waals surface area contributed by atoms with Crippen molar-refractivity contribution in [3.05, 3.63) is 57.8 Å². The zero-order valence-electron chi connectivity index (χ0n) is 9.52. The maximum atomic E-state index is 6.12. The van der Waals surface area contributed by atoms with E-state index in [4.69, 9.17) is 5.73 Å². The summed E-state index contributed by atoms with van der Waals surface area (Å²) >= 11 is 1.71. The number of aryl methyl sites for hydroxylation is 2. The molecule has 84 valence electrons. The summed E-state index contributed by atoms with van der Waals surface area (Å²) in [5.41, 5.74) is 10.1. The first-order valence-electron chi connectivity index (χ1n) is 5.59. The molecular formula is C14H17NS. The fraction of sp³-hybridized carbons (Fsp3) is 0.286. The molecule has 1 unspecified atom stereocenters. The molecule has 1 atom stereocenters. The lowest BCUT2D eigenvalue weighted by molar-refractivity contribution is 0.653. The van der Waals surface area contributed by atoms with Gasteiger partial charge in [0, 0.05) is 6.04 Å². The third-order valence-corrected chi connectivity index (χ3v) is 3.54. The lowest BCUT2D eigenvalue weighted by Crippen LogP contribution is -2.10. The highest BCUT2D eigenvalue weighted by atomic mass is 32.1. The first-order chi connectivity index (χ1) is 7.75. The second-order valence-corrected chi connectivity index (χ2v) is 4.97. The van der Waals surface area contributed by atoms with Gasteiger partial charge in [-0.3, -0.25) is 0 Å². The number of benzene rings is 1. The summed E-state index contributed by atoms with van der Waals surface area (Å²) in [5, 5.41) is 4.22. The van der Waals surface area contributed by atoms with Gasteiger partial charge in [0.2, 0.25) is 0 Å². The maximum absolute atomic E-state index is 6.12. The SMILES string of the molecule is Cc1ccc(CCC(N)c2ccsc2)cc1. The number of hydrogen-bond acceptors (Lipinski definition) is 2. The Kier molecular flexibility index (Phi) is 3.75. The monoisotopic (exact) mass is 231 g/mol. The maximum Gasteiger partial charge on any atom is 0.0306 e. The van der Waals surface area contributed by atoms with Gasteiger partial charge in [0.1, 0.15) is 0 Å². The number of hydrogen-bond donors (Lipinski definition) is 1.